The number of ether oxygens (including phenoxy) is 3. The average molecular weight is 495 g/mol. The largest absolute Gasteiger partial charge is 0.492 e. The van der Waals surface area contributed by atoms with Crippen LogP contribution in [0.3, 0.4) is 0 Å². The molecule has 0 bridgehead atoms. The van der Waals surface area contributed by atoms with Crippen LogP contribution >= 0.6 is 0 Å². The molecule has 5 nitrogen and oxygen atoms in total. The van der Waals surface area contributed by atoms with Gasteiger partial charge in [-0.1, -0.05) is 46.8 Å². The molecule has 5 heteroatoms. The lowest BCUT2D eigenvalue weighted by Gasteiger charge is -2.47. The van der Waals surface area contributed by atoms with Crippen molar-refractivity contribution < 1.29 is 23.8 Å². The lowest BCUT2D eigenvalue weighted by molar-refractivity contribution is -0.924. The molecule has 0 saturated heterocycles. The summed E-state index contributed by atoms with van der Waals surface area (Å²) in [5.74, 6) is 2.83. The Kier molecular flexibility index (Phi) is 5.92. The topological polar surface area (TPSA) is 47.9 Å². The van der Waals surface area contributed by atoms with Crippen molar-refractivity contribution >= 4 is 0 Å². The Morgan fingerprint density at radius 1 is 1.11 bits per heavy atom. The first-order chi connectivity index (χ1) is 16.8. The first-order valence-electron chi connectivity index (χ1n) is 13.4. The summed E-state index contributed by atoms with van der Waals surface area (Å²) in [5.41, 5.74) is 7.67. The van der Waals surface area contributed by atoms with Gasteiger partial charge in [0.15, 0.2) is 11.5 Å². The Morgan fingerprint density at radius 2 is 1.83 bits per heavy atom. The third-order valence-electron chi connectivity index (χ3n) is 9.77. The fourth-order valence-corrected chi connectivity index (χ4v) is 7.08. The third kappa shape index (κ3) is 3.81. The van der Waals surface area contributed by atoms with Crippen LogP contribution in [0.1, 0.15) is 93.0 Å². The van der Waals surface area contributed by atoms with Gasteiger partial charge in [0.1, 0.15) is 6.04 Å². The summed E-state index contributed by atoms with van der Waals surface area (Å²) < 4.78 is 18.2. The highest BCUT2D eigenvalue weighted by Crippen LogP contribution is 2.53. The molecular formula is C31H44NO4+. The SMILES string of the molecule is COc1c2c(cc3c1[C@@H](C[C@@H](O)c1cc4c(cc1C)C(C)(C)[C@@H](C)CC4(C)C)[N+](C)(C)CC3)OCO2. The highest BCUT2D eigenvalue weighted by Gasteiger charge is 2.44. The molecule has 0 aromatic heterocycles. The molecule has 2 aliphatic heterocycles. The molecule has 1 N–H and O–H groups in total. The summed E-state index contributed by atoms with van der Waals surface area (Å²) in [4.78, 5) is 0. The van der Waals surface area contributed by atoms with E-state index in [0.29, 0.717) is 18.1 Å². The Hall–Kier alpha value is -2.24. The summed E-state index contributed by atoms with van der Waals surface area (Å²) in [6.07, 6.45) is 2.14. The van der Waals surface area contributed by atoms with Crippen LogP contribution in [-0.2, 0) is 17.3 Å². The number of aliphatic hydroxyl groups is 1. The van der Waals surface area contributed by atoms with Crippen molar-refractivity contribution in [2.75, 3.05) is 34.5 Å². The molecule has 2 heterocycles. The van der Waals surface area contributed by atoms with Gasteiger partial charge < -0.3 is 23.8 Å². The van der Waals surface area contributed by atoms with Gasteiger partial charge in [-0.15, -0.1) is 0 Å². The Morgan fingerprint density at radius 3 is 2.53 bits per heavy atom. The van der Waals surface area contributed by atoms with Crippen molar-refractivity contribution in [3.8, 4) is 17.2 Å². The number of aliphatic hydroxyl groups excluding tert-OH is 1. The highest BCUT2D eigenvalue weighted by atomic mass is 16.7. The smallest absolute Gasteiger partial charge is 0.231 e. The van der Waals surface area contributed by atoms with E-state index >= 15 is 0 Å². The molecule has 0 spiro atoms. The zero-order valence-electron chi connectivity index (χ0n) is 23.6. The predicted molar refractivity (Wildman–Crippen MR) is 143 cm³/mol. The van der Waals surface area contributed by atoms with Gasteiger partial charge in [0.25, 0.3) is 0 Å². The summed E-state index contributed by atoms with van der Waals surface area (Å²) in [5, 5.41) is 11.8. The molecule has 2 aromatic rings. The van der Waals surface area contributed by atoms with E-state index in [9.17, 15) is 5.11 Å². The van der Waals surface area contributed by atoms with E-state index in [4.69, 9.17) is 14.2 Å². The quantitative estimate of drug-likeness (QED) is 0.520. The van der Waals surface area contributed by atoms with Crippen LogP contribution in [0, 0.1) is 12.8 Å². The molecule has 3 atom stereocenters. The molecule has 3 aliphatic rings. The second-order valence-corrected chi connectivity index (χ2v) is 13.2. The van der Waals surface area contributed by atoms with Crippen molar-refractivity contribution in [3.63, 3.8) is 0 Å². The van der Waals surface area contributed by atoms with E-state index in [0.717, 1.165) is 46.5 Å². The van der Waals surface area contributed by atoms with E-state index in [1.165, 1.54) is 22.3 Å². The molecule has 196 valence electrons. The summed E-state index contributed by atoms with van der Waals surface area (Å²) in [7, 11) is 6.23. The number of quaternary nitrogens is 1. The van der Waals surface area contributed by atoms with Gasteiger partial charge in [-0.3, -0.25) is 0 Å². The second kappa shape index (κ2) is 8.39. The maximum absolute atomic E-state index is 11.8. The number of aryl methyl sites for hydroxylation is 1. The molecule has 0 amide bonds. The van der Waals surface area contributed by atoms with Crippen LogP contribution in [0.15, 0.2) is 18.2 Å². The average Bonchev–Trinajstić information content (AvgIpc) is 3.26. The zero-order chi connectivity index (χ0) is 26.2. The highest BCUT2D eigenvalue weighted by molar-refractivity contribution is 5.61. The van der Waals surface area contributed by atoms with Crippen molar-refractivity contribution in [3.05, 3.63) is 51.6 Å². The van der Waals surface area contributed by atoms with Gasteiger partial charge in [0.2, 0.25) is 12.5 Å². The standard InChI is InChI=1S/C31H44NO4/c1-18-12-23-22(30(3,4)16-19(2)31(23,5)6)14-21(18)25(33)15-24-27-20(10-11-32(24,7)8)13-26-28(29(27)34-9)36-17-35-26/h12-14,19,24-25,33H,10-11,15-17H2,1-9H3/q+1/t19-,24+,25+/m0/s1. The number of methoxy groups -OCH3 is 1. The number of likely N-dealkylation sites (N-methyl/N-ethyl adjacent to an activating group) is 1. The molecule has 5 rings (SSSR count). The van der Waals surface area contributed by atoms with Gasteiger partial charge in [-0.25, -0.2) is 0 Å². The van der Waals surface area contributed by atoms with E-state index in [-0.39, 0.29) is 23.7 Å². The first kappa shape index (κ1) is 25.4. The molecule has 0 saturated carbocycles. The van der Waals surface area contributed by atoms with Crippen LogP contribution in [0.5, 0.6) is 17.2 Å². The van der Waals surface area contributed by atoms with E-state index in [1.54, 1.807) is 7.11 Å². The van der Waals surface area contributed by atoms with Crippen molar-refractivity contribution in [2.45, 2.75) is 83.8 Å². The van der Waals surface area contributed by atoms with Crippen molar-refractivity contribution in [2.24, 2.45) is 5.92 Å². The fraction of sp³-hybridized carbons (Fsp3) is 0.613. The second-order valence-electron chi connectivity index (χ2n) is 13.2. The molecular weight excluding hydrogens is 450 g/mol. The van der Waals surface area contributed by atoms with E-state index < -0.39 is 6.10 Å². The van der Waals surface area contributed by atoms with Crippen LogP contribution < -0.4 is 14.2 Å². The van der Waals surface area contributed by atoms with Gasteiger partial charge >= 0.3 is 0 Å². The van der Waals surface area contributed by atoms with Crippen LogP contribution in [0.4, 0.5) is 0 Å². The summed E-state index contributed by atoms with van der Waals surface area (Å²) >= 11 is 0. The van der Waals surface area contributed by atoms with Gasteiger partial charge in [-0.05, 0) is 64.0 Å². The minimum Gasteiger partial charge on any atom is -0.492 e. The summed E-state index contributed by atoms with van der Waals surface area (Å²) in [6, 6.07) is 6.88. The zero-order valence-corrected chi connectivity index (χ0v) is 23.6. The number of fused-ring (bicyclic) bond motifs is 3. The monoisotopic (exact) mass is 494 g/mol. The molecule has 36 heavy (non-hydrogen) atoms. The van der Waals surface area contributed by atoms with Crippen LogP contribution in [0.25, 0.3) is 0 Å². The predicted octanol–water partition coefficient (Wildman–Crippen LogP) is 6.12. The molecule has 0 fully saturated rings. The Labute approximate surface area is 217 Å². The minimum absolute atomic E-state index is 0.0769. The normalized spacial score (nSPS) is 25.6. The number of hydrogen-bond donors (Lipinski definition) is 1. The van der Waals surface area contributed by atoms with E-state index in [2.05, 4.69) is 73.8 Å². The van der Waals surface area contributed by atoms with Gasteiger partial charge in [-0.2, -0.15) is 0 Å². The molecule has 1 aliphatic carbocycles. The fourth-order valence-electron chi connectivity index (χ4n) is 7.08. The van der Waals surface area contributed by atoms with Crippen molar-refractivity contribution in [1.29, 1.82) is 0 Å². The molecule has 0 radical (unpaired) electrons. The Balaban J connectivity index is 1.57. The maximum Gasteiger partial charge on any atom is 0.231 e. The third-order valence-corrected chi connectivity index (χ3v) is 9.77. The number of benzene rings is 2. The number of rotatable bonds is 4. The molecule has 2 aromatic carbocycles. The summed E-state index contributed by atoms with van der Waals surface area (Å²) in [6.45, 7) is 15.2. The Bertz CT molecular complexity index is 1200. The van der Waals surface area contributed by atoms with Gasteiger partial charge in [0, 0.05) is 12.8 Å². The lowest BCUT2D eigenvalue weighted by atomic mass is 9.58. The number of hydrogen-bond acceptors (Lipinski definition) is 4. The van der Waals surface area contributed by atoms with E-state index in [1.807, 2.05) is 0 Å². The van der Waals surface area contributed by atoms with Crippen molar-refractivity contribution in [1.82, 2.24) is 0 Å². The van der Waals surface area contributed by atoms with Crippen LogP contribution in [0.2, 0.25) is 0 Å². The first-order valence-corrected chi connectivity index (χ1v) is 13.4. The number of nitrogens with zero attached hydrogens (tertiary/aromatic N) is 1. The molecule has 0 unspecified atom stereocenters. The van der Waals surface area contributed by atoms with Crippen LogP contribution in [-0.4, -0.2) is 44.1 Å². The maximum atomic E-state index is 11.8. The van der Waals surface area contributed by atoms with Gasteiger partial charge in [0.05, 0.1) is 39.4 Å². The lowest BCUT2D eigenvalue weighted by Crippen LogP contribution is -2.48. The minimum atomic E-state index is -0.572.